The van der Waals surface area contributed by atoms with Gasteiger partial charge < -0.3 is 14.6 Å². The van der Waals surface area contributed by atoms with Crippen LogP contribution in [0.3, 0.4) is 0 Å². The largest absolute Gasteiger partial charge is 0.508 e. The van der Waals surface area contributed by atoms with E-state index < -0.39 is 0 Å². The number of ether oxygens (including phenoxy) is 2. The molecule has 3 heteroatoms. The van der Waals surface area contributed by atoms with Crippen LogP contribution in [0.5, 0.6) is 11.5 Å². The molecule has 138 valence electrons. The highest BCUT2D eigenvalue weighted by atomic mass is 16.5. The van der Waals surface area contributed by atoms with E-state index in [2.05, 4.69) is 25.1 Å². The van der Waals surface area contributed by atoms with Crippen molar-refractivity contribution in [1.29, 1.82) is 0 Å². The van der Waals surface area contributed by atoms with Gasteiger partial charge in [0.15, 0.2) is 0 Å². The summed E-state index contributed by atoms with van der Waals surface area (Å²) in [5.74, 6) is 1.80. The molecule has 25 heavy (non-hydrogen) atoms. The molecule has 1 aliphatic carbocycles. The number of phenolic OH excluding ortho intramolecular Hbond substituents is 1. The SMILES string of the molecule is CCOc1cc(O)c(CC)cc1CCC1(C2CCCC2)C=CCCO1. The number of rotatable bonds is 7. The minimum absolute atomic E-state index is 0.109. The molecule has 2 aliphatic rings. The van der Waals surface area contributed by atoms with Crippen LogP contribution in [-0.2, 0) is 17.6 Å². The Morgan fingerprint density at radius 3 is 2.64 bits per heavy atom. The van der Waals surface area contributed by atoms with Crippen LogP contribution in [0.15, 0.2) is 24.3 Å². The summed E-state index contributed by atoms with van der Waals surface area (Å²) in [4.78, 5) is 0. The van der Waals surface area contributed by atoms with E-state index >= 15 is 0 Å². The van der Waals surface area contributed by atoms with Crippen LogP contribution in [-0.4, -0.2) is 23.9 Å². The Balaban J connectivity index is 1.82. The summed E-state index contributed by atoms with van der Waals surface area (Å²) in [5.41, 5.74) is 2.08. The zero-order valence-electron chi connectivity index (χ0n) is 15.7. The van der Waals surface area contributed by atoms with E-state index in [-0.39, 0.29) is 5.60 Å². The second-order valence-electron chi connectivity index (χ2n) is 7.35. The molecule has 1 N–H and O–H groups in total. The maximum atomic E-state index is 10.2. The van der Waals surface area contributed by atoms with Crippen molar-refractivity contribution in [3.8, 4) is 11.5 Å². The lowest BCUT2D eigenvalue weighted by molar-refractivity contribution is -0.0601. The predicted molar refractivity (Wildman–Crippen MR) is 101 cm³/mol. The zero-order chi connectivity index (χ0) is 17.7. The van der Waals surface area contributed by atoms with Crippen LogP contribution in [0.2, 0.25) is 0 Å². The van der Waals surface area contributed by atoms with Crippen molar-refractivity contribution in [3.63, 3.8) is 0 Å². The van der Waals surface area contributed by atoms with Gasteiger partial charge in [-0.1, -0.05) is 31.9 Å². The third-order valence-corrected chi connectivity index (χ3v) is 5.83. The molecule has 0 bridgehead atoms. The Kier molecular flexibility index (Phi) is 6.06. The fourth-order valence-corrected chi connectivity index (χ4v) is 4.44. The molecule has 1 atom stereocenters. The maximum Gasteiger partial charge on any atom is 0.126 e. The first-order valence-electron chi connectivity index (χ1n) is 9.97. The zero-order valence-corrected chi connectivity index (χ0v) is 15.7. The van der Waals surface area contributed by atoms with Crippen LogP contribution in [0.25, 0.3) is 0 Å². The second kappa shape index (κ2) is 8.27. The predicted octanol–water partition coefficient (Wildman–Crippen LogP) is 5.19. The fourth-order valence-electron chi connectivity index (χ4n) is 4.44. The lowest BCUT2D eigenvalue weighted by Crippen LogP contribution is -2.40. The molecule has 0 aromatic heterocycles. The Hall–Kier alpha value is -1.48. The van der Waals surface area contributed by atoms with Crippen LogP contribution < -0.4 is 4.74 Å². The quantitative estimate of drug-likeness (QED) is 0.692. The highest BCUT2D eigenvalue weighted by Crippen LogP contribution is 2.42. The number of aromatic hydroxyl groups is 1. The van der Waals surface area contributed by atoms with Gasteiger partial charge >= 0.3 is 0 Å². The van der Waals surface area contributed by atoms with Crippen molar-refractivity contribution in [2.75, 3.05) is 13.2 Å². The van der Waals surface area contributed by atoms with Crippen molar-refractivity contribution in [3.05, 3.63) is 35.4 Å². The Morgan fingerprint density at radius 2 is 2.00 bits per heavy atom. The molecule has 1 aliphatic heterocycles. The van der Waals surface area contributed by atoms with Crippen molar-refractivity contribution < 1.29 is 14.6 Å². The average Bonchev–Trinajstić information content (AvgIpc) is 3.17. The summed E-state index contributed by atoms with van der Waals surface area (Å²) >= 11 is 0. The third-order valence-electron chi connectivity index (χ3n) is 5.83. The minimum Gasteiger partial charge on any atom is -0.508 e. The van der Waals surface area contributed by atoms with Gasteiger partial charge in [0.25, 0.3) is 0 Å². The number of hydrogen-bond donors (Lipinski definition) is 1. The van der Waals surface area contributed by atoms with Crippen LogP contribution in [0.4, 0.5) is 0 Å². The molecule has 0 saturated heterocycles. The molecule has 1 aromatic rings. The molecular formula is C22H32O3. The summed E-state index contributed by atoms with van der Waals surface area (Å²) < 4.78 is 12.2. The van der Waals surface area contributed by atoms with Gasteiger partial charge in [0.05, 0.1) is 18.8 Å². The molecule has 3 nitrogen and oxygen atoms in total. The van der Waals surface area contributed by atoms with Gasteiger partial charge in [0.1, 0.15) is 11.5 Å². The summed E-state index contributed by atoms with van der Waals surface area (Å²) in [5, 5.41) is 10.2. The van der Waals surface area contributed by atoms with E-state index in [0.717, 1.165) is 43.6 Å². The van der Waals surface area contributed by atoms with Crippen LogP contribution >= 0.6 is 0 Å². The highest BCUT2D eigenvalue weighted by Gasteiger charge is 2.39. The lowest BCUT2D eigenvalue weighted by Gasteiger charge is -2.39. The number of hydrogen-bond acceptors (Lipinski definition) is 3. The molecule has 1 fully saturated rings. The van der Waals surface area contributed by atoms with Crippen molar-refractivity contribution in [2.45, 2.75) is 70.8 Å². The fraction of sp³-hybridized carbons (Fsp3) is 0.636. The van der Waals surface area contributed by atoms with E-state index in [4.69, 9.17) is 9.47 Å². The Labute approximate surface area is 152 Å². The number of phenols is 1. The van der Waals surface area contributed by atoms with E-state index in [1.807, 2.05) is 6.92 Å². The van der Waals surface area contributed by atoms with Gasteiger partial charge in [0, 0.05) is 6.07 Å². The van der Waals surface area contributed by atoms with Crippen molar-refractivity contribution >= 4 is 0 Å². The van der Waals surface area contributed by atoms with E-state index in [1.165, 1.54) is 31.2 Å². The number of aryl methyl sites for hydroxylation is 2. The van der Waals surface area contributed by atoms with Gasteiger partial charge in [-0.15, -0.1) is 0 Å². The van der Waals surface area contributed by atoms with E-state index in [9.17, 15) is 5.11 Å². The monoisotopic (exact) mass is 344 g/mol. The van der Waals surface area contributed by atoms with E-state index in [0.29, 0.717) is 18.3 Å². The van der Waals surface area contributed by atoms with Gasteiger partial charge in [-0.2, -0.15) is 0 Å². The molecular weight excluding hydrogens is 312 g/mol. The van der Waals surface area contributed by atoms with Gasteiger partial charge in [-0.3, -0.25) is 0 Å². The van der Waals surface area contributed by atoms with Crippen molar-refractivity contribution in [1.82, 2.24) is 0 Å². The van der Waals surface area contributed by atoms with Gasteiger partial charge in [-0.25, -0.2) is 0 Å². The molecule has 0 amide bonds. The maximum absolute atomic E-state index is 10.2. The molecule has 3 rings (SSSR count). The lowest BCUT2D eigenvalue weighted by atomic mass is 9.79. The molecule has 1 unspecified atom stereocenters. The summed E-state index contributed by atoms with van der Waals surface area (Å²) in [6, 6.07) is 3.91. The molecule has 1 saturated carbocycles. The first kappa shape index (κ1) is 18.3. The second-order valence-corrected chi connectivity index (χ2v) is 7.35. The molecule has 1 aromatic carbocycles. The minimum atomic E-state index is -0.109. The summed E-state index contributed by atoms with van der Waals surface area (Å²) in [6.45, 7) is 5.51. The molecule has 0 spiro atoms. The highest BCUT2D eigenvalue weighted by molar-refractivity contribution is 5.46. The standard InChI is InChI=1S/C22H32O3/c1-3-17-15-18(21(24-4-2)16-20(17)23)11-13-22(12-7-8-14-25-22)19-9-5-6-10-19/h7,12,15-16,19,23H,3-6,8-11,13-14H2,1-2H3. The molecule has 0 radical (unpaired) electrons. The van der Waals surface area contributed by atoms with Gasteiger partial charge in [0.2, 0.25) is 0 Å². The molecule has 1 heterocycles. The number of benzene rings is 1. The van der Waals surface area contributed by atoms with Crippen LogP contribution in [0.1, 0.15) is 63.5 Å². The van der Waals surface area contributed by atoms with Gasteiger partial charge in [-0.05, 0) is 68.6 Å². The van der Waals surface area contributed by atoms with E-state index in [1.54, 1.807) is 6.07 Å². The first-order chi connectivity index (χ1) is 12.2. The summed E-state index contributed by atoms with van der Waals surface area (Å²) in [7, 11) is 0. The summed E-state index contributed by atoms with van der Waals surface area (Å²) in [6.07, 6.45) is 13.6. The van der Waals surface area contributed by atoms with Crippen molar-refractivity contribution in [2.24, 2.45) is 5.92 Å². The first-order valence-corrected chi connectivity index (χ1v) is 9.97. The topological polar surface area (TPSA) is 38.7 Å². The Morgan fingerprint density at radius 1 is 1.20 bits per heavy atom. The average molecular weight is 344 g/mol. The van der Waals surface area contributed by atoms with Crippen LogP contribution in [0, 0.1) is 5.92 Å². The smallest absolute Gasteiger partial charge is 0.126 e. The third kappa shape index (κ3) is 4.03. The normalized spacial score (nSPS) is 23.9. The Bertz CT molecular complexity index is 602.